The second kappa shape index (κ2) is 4.82. The molecule has 1 saturated carbocycles. The van der Waals surface area contributed by atoms with Gasteiger partial charge in [0, 0.05) is 12.1 Å². The minimum Gasteiger partial charge on any atom is -0.307 e. The molecule has 1 aliphatic carbocycles. The summed E-state index contributed by atoms with van der Waals surface area (Å²) in [7, 11) is 0. The van der Waals surface area contributed by atoms with E-state index < -0.39 is 10.7 Å². The van der Waals surface area contributed by atoms with Crippen LogP contribution in [0.5, 0.6) is 0 Å². The van der Waals surface area contributed by atoms with Gasteiger partial charge in [0.2, 0.25) is 0 Å². The fourth-order valence-corrected chi connectivity index (χ4v) is 2.30. The van der Waals surface area contributed by atoms with Gasteiger partial charge >= 0.3 is 0 Å². The van der Waals surface area contributed by atoms with Crippen molar-refractivity contribution in [1.29, 1.82) is 0 Å². The minimum atomic E-state index is -0.686. The number of hydrogen-bond donors (Lipinski definition) is 0. The number of rotatable bonds is 4. The maximum Gasteiger partial charge on any atom is 0.272 e. The lowest BCUT2D eigenvalue weighted by atomic mass is 10.2. The lowest BCUT2D eigenvalue weighted by Gasteiger charge is -2.08. The lowest BCUT2D eigenvalue weighted by molar-refractivity contribution is -0.385. The van der Waals surface area contributed by atoms with E-state index in [1.807, 2.05) is 4.57 Å². The van der Waals surface area contributed by atoms with Crippen molar-refractivity contribution in [2.24, 2.45) is 0 Å². The highest BCUT2D eigenvalue weighted by Gasteiger charge is 2.30. The molecule has 3 rings (SSSR count). The second-order valence-corrected chi connectivity index (χ2v) is 4.86. The van der Waals surface area contributed by atoms with Crippen molar-refractivity contribution in [3.63, 3.8) is 0 Å². The van der Waals surface area contributed by atoms with Crippen LogP contribution in [0.25, 0.3) is 11.4 Å². The largest absolute Gasteiger partial charge is 0.307 e. The third-order valence-electron chi connectivity index (χ3n) is 3.20. The van der Waals surface area contributed by atoms with Gasteiger partial charge in [-0.15, -0.1) is 21.8 Å². The van der Waals surface area contributed by atoms with Crippen LogP contribution in [-0.4, -0.2) is 19.7 Å². The Balaban J connectivity index is 2.09. The van der Waals surface area contributed by atoms with Crippen molar-refractivity contribution in [2.45, 2.75) is 24.8 Å². The van der Waals surface area contributed by atoms with Gasteiger partial charge in [-0.05, 0) is 18.9 Å². The maximum atomic E-state index is 14.1. The van der Waals surface area contributed by atoms with Gasteiger partial charge in [0.05, 0.1) is 22.4 Å². The van der Waals surface area contributed by atoms with Gasteiger partial charge < -0.3 is 4.57 Å². The second-order valence-electron chi connectivity index (χ2n) is 4.60. The van der Waals surface area contributed by atoms with Crippen molar-refractivity contribution in [1.82, 2.24) is 14.8 Å². The molecule has 20 heavy (non-hydrogen) atoms. The Morgan fingerprint density at radius 1 is 1.45 bits per heavy atom. The normalized spacial score (nSPS) is 14.5. The Hall–Kier alpha value is -2.02. The number of nitro groups is 1. The fourth-order valence-electron chi connectivity index (χ4n) is 2.11. The van der Waals surface area contributed by atoms with Gasteiger partial charge in [-0.25, -0.2) is 4.39 Å². The van der Waals surface area contributed by atoms with E-state index in [-0.39, 0.29) is 23.2 Å². The lowest BCUT2D eigenvalue weighted by Crippen LogP contribution is -2.03. The van der Waals surface area contributed by atoms with Crippen LogP contribution in [0, 0.1) is 15.9 Å². The van der Waals surface area contributed by atoms with Crippen LogP contribution in [0.3, 0.4) is 0 Å². The summed E-state index contributed by atoms with van der Waals surface area (Å²) in [6.45, 7) is 0. The van der Waals surface area contributed by atoms with Crippen LogP contribution >= 0.6 is 11.6 Å². The van der Waals surface area contributed by atoms with Crippen molar-refractivity contribution in [3.8, 4) is 11.4 Å². The molecule has 1 heterocycles. The predicted molar refractivity (Wildman–Crippen MR) is 69.9 cm³/mol. The van der Waals surface area contributed by atoms with Crippen LogP contribution < -0.4 is 0 Å². The molecular formula is C12H10ClFN4O2. The molecule has 8 heteroatoms. The first-order valence-corrected chi connectivity index (χ1v) is 6.59. The summed E-state index contributed by atoms with van der Waals surface area (Å²) in [6.07, 6.45) is 1.95. The first-order chi connectivity index (χ1) is 9.61. The molecule has 0 bridgehead atoms. The first kappa shape index (κ1) is 13.0. The third-order valence-corrected chi connectivity index (χ3v) is 3.44. The van der Waals surface area contributed by atoms with Crippen LogP contribution in [0.2, 0.25) is 0 Å². The molecule has 0 aliphatic heterocycles. The number of non-ortho nitro benzene ring substituents is 1. The molecule has 1 fully saturated rings. The highest BCUT2D eigenvalue weighted by Crippen LogP contribution is 2.39. The molecule has 1 aromatic carbocycles. The Morgan fingerprint density at radius 2 is 2.20 bits per heavy atom. The number of alkyl halides is 1. The number of nitrogens with zero attached hydrogens (tertiary/aromatic N) is 4. The quantitative estimate of drug-likeness (QED) is 0.494. The van der Waals surface area contributed by atoms with E-state index in [1.165, 1.54) is 12.1 Å². The summed E-state index contributed by atoms with van der Waals surface area (Å²) in [6, 6.07) is 3.74. The van der Waals surface area contributed by atoms with Crippen LogP contribution in [0.1, 0.15) is 24.7 Å². The monoisotopic (exact) mass is 296 g/mol. The van der Waals surface area contributed by atoms with Gasteiger partial charge in [-0.1, -0.05) is 0 Å². The van der Waals surface area contributed by atoms with E-state index in [9.17, 15) is 14.5 Å². The van der Waals surface area contributed by atoms with Gasteiger partial charge in [0.15, 0.2) is 5.82 Å². The number of benzene rings is 1. The summed E-state index contributed by atoms with van der Waals surface area (Å²) in [5.41, 5.74) is -0.0901. The SMILES string of the molecule is O=[N+]([O-])c1ccc(-c2nnc(CCl)n2C2CC2)c(F)c1. The van der Waals surface area contributed by atoms with Crippen LogP contribution in [-0.2, 0) is 5.88 Å². The zero-order valence-electron chi connectivity index (χ0n) is 10.3. The standard InChI is InChI=1S/C12H10ClFN4O2/c13-6-11-15-16-12(17(11)7-1-2-7)9-4-3-8(18(19)20)5-10(9)14/h3-5,7H,1-2,6H2. The average molecular weight is 297 g/mol. The highest BCUT2D eigenvalue weighted by atomic mass is 35.5. The average Bonchev–Trinajstić information content (AvgIpc) is 3.18. The molecule has 0 saturated heterocycles. The number of nitro benzene ring substituents is 1. The van der Waals surface area contributed by atoms with E-state index in [0.717, 1.165) is 18.9 Å². The van der Waals surface area contributed by atoms with E-state index in [1.54, 1.807) is 0 Å². The zero-order valence-corrected chi connectivity index (χ0v) is 11.0. The van der Waals surface area contributed by atoms with Crippen LogP contribution in [0.4, 0.5) is 10.1 Å². The van der Waals surface area contributed by atoms with Crippen molar-refractivity contribution in [2.75, 3.05) is 0 Å². The fraction of sp³-hybridized carbons (Fsp3) is 0.333. The molecule has 0 spiro atoms. The number of halogens is 2. The Kier molecular flexibility index (Phi) is 3.13. The minimum absolute atomic E-state index is 0.193. The topological polar surface area (TPSA) is 73.8 Å². The summed E-state index contributed by atoms with van der Waals surface area (Å²) in [5, 5.41) is 18.5. The molecule has 0 unspecified atom stereocenters. The molecule has 6 nitrogen and oxygen atoms in total. The smallest absolute Gasteiger partial charge is 0.272 e. The summed E-state index contributed by atoms with van der Waals surface area (Å²) >= 11 is 5.80. The first-order valence-electron chi connectivity index (χ1n) is 6.06. The maximum absolute atomic E-state index is 14.1. The van der Waals surface area contributed by atoms with E-state index >= 15 is 0 Å². The summed E-state index contributed by atoms with van der Waals surface area (Å²) < 4.78 is 15.9. The van der Waals surface area contributed by atoms with E-state index in [2.05, 4.69) is 10.2 Å². The van der Waals surface area contributed by atoms with Gasteiger partial charge in [-0.2, -0.15) is 0 Å². The van der Waals surface area contributed by atoms with Crippen molar-refractivity contribution in [3.05, 3.63) is 40.0 Å². The van der Waals surface area contributed by atoms with E-state index in [0.29, 0.717) is 11.6 Å². The summed E-state index contributed by atoms with van der Waals surface area (Å²) in [5.74, 6) is 0.463. The van der Waals surface area contributed by atoms with Crippen LogP contribution in [0.15, 0.2) is 18.2 Å². The Labute approximate surface area is 118 Å². The molecule has 0 radical (unpaired) electrons. The van der Waals surface area contributed by atoms with Crippen molar-refractivity contribution < 1.29 is 9.31 Å². The summed E-state index contributed by atoms with van der Waals surface area (Å²) in [4.78, 5) is 9.99. The van der Waals surface area contributed by atoms with Gasteiger partial charge in [0.1, 0.15) is 11.6 Å². The van der Waals surface area contributed by atoms with Gasteiger partial charge in [0.25, 0.3) is 5.69 Å². The van der Waals surface area contributed by atoms with E-state index in [4.69, 9.17) is 11.6 Å². The third kappa shape index (κ3) is 2.14. The Bertz CT molecular complexity index is 684. The predicted octanol–water partition coefficient (Wildman–Crippen LogP) is 3.07. The molecule has 0 N–H and O–H groups in total. The molecule has 104 valence electrons. The van der Waals surface area contributed by atoms with Crippen molar-refractivity contribution >= 4 is 17.3 Å². The molecule has 0 amide bonds. The molecule has 1 aromatic heterocycles. The number of hydrogen-bond acceptors (Lipinski definition) is 4. The highest BCUT2D eigenvalue weighted by molar-refractivity contribution is 6.16. The Morgan fingerprint density at radius 3 is 2.75 bits per heavy atom. The number of aromatic nitrogens is 3. The molecular weight excluding hydrogens is 287 g/mol. The van der Waals surface area contributed by atoms with Gasteiger partial charge in [-0.3, -0.25) is 10.1 Å². The molecule has 0 atom stereocenters. The zero-order chi connectivity index (χ0) is 14.3. The molecule has 2 aromatic rings. The molecule has 1 aliphatic rings.